The predicted molar refractivity (Wildman–Crippen MR) is 73.1 cm³/mol. The molecule has 0 atom stereocenters. The molecule has 2 aromatic carbocycles. The number of phenols is 1. The van der Waals surface area contributed by atoms with E-state index in [1.165, 1.54) is 5.69 Å². The van der Waals surface area contributed by atoms with Gasteiger partial charge in [-0.3, -0.25) is 4.48 Å². The van der Waals surface area contributed by atoms with Gasteiger partial charge in [-0.05, 0) is 18.2 Å². The topological polar surface area (TPSA) is 20.2 Å². The van der Waals surface area contributed by atoms with Gasteiger partial charge in [0.1, 0.15) is 11.4 Å². The van der Waals surface area contributed by atoms with Gasteiger partial charge in [0, 0.05) is 11.1 Å². The van der Waals surface area contributed by atoms with Crippen LogP contribution in [0.25, 0.3) is 11.1 Å². The monoisotopic (exact) mass is 228 g/mol. The molecule has 0 heterocycles. The van der Waals surface area contributed by atoms with Gasteiger partial charge < -0.3 is 5.11 Å². The molecule has 0 aliphatic carbocycles. The lowest BCUT2D eigenvalue weighted by Crippen LogP contribution is -2.35. The minimum absolute atomic E-state index is 0.327. The van der Waals surface area contributed by atoms with Crippen LogP contribution in [-0.4, -0.2) is 26.2 Å². The summed E-state index contributed by atoms with van der Waals surface area (Å²) in [4.78, 5) is 0. The standard InChI is InChI=1S/C15H17NO/c1-16(2,3)14-10-6-4-8-12(14)13-9-5-7-11-15(13)17/h4-11H,1-3H3/p+1. The molecule has 0 spiro atoms. The highest BCUT2D eigenvalue weighted by molar-refractivity contribution is 5.80. The second-order valence-electron chi connectivity index (χ2n) is 5.05. The van der Waals surface area contributed by atoms with E-state index in [1.807, 2.05) is 36.4 Å². The number of benzene rings is 2. The summed E-state index contributed by atoms with van der Waals surface area (Å²) in [6, 6.07) is 15.6. The zero-order chi connectivity index (χ0) is 12.5. The second kappa shape index (κ2) is 4.22. The fraction of sp³-hybridized carbons (Fsp3) is 0.200. The quantitative estimate of drug-likeness (QED) is 0.782. The van der Waals surface area contributed by atoms with Crippen LogP contribution in [-0.2, 0) is 0 Å². The Labute approximate surface area is 102 Å². The van der Waals surface area contributed by atoms with Crippen LogP contribution in [0, 0.1) is 0 Å². The van der Waals surface area contributed by atoms with E-state index in [0.29, 0.717) is 5.75 Å². The highest BCUT2D eigenvalue weighted by Crippen LogP contribution is 2.36. The van der Waals surface area contributed by atoms with Crippen LogP contribution in [0.15, 0.2) is 48.5 Å². The molecule has 0 aliphatic heterocycles. The summed E-state index contributed by atoms with van der Waals surface area (Å²) in [5.41, 5.74) is 3.16. The van der Waals surface area contributed by atoms with Crippen LogP contribution in [0.1, 0.15) is 0 Å². The maximum Gasteiger partial charge on any atom is 0.140 e. The van der Waals surface area contributed by atoms with Crippen LogP contribution in [0.5, 0.6) is 5.75 Å². The van der Waals surface area contributed by atoms with Crippen molar-refractivity contribution in [3.05, 3.63) is 48.5 Å². The van der Waals surface area contributed by atoms with E-state index in [1.54, 1.807) is 6.07 Å². The van der Waals surface area contributed by atoms with E-state index in [4.69, 9.17) is 0 Å². The molecule has 0 aromatic heterocycles. The summed E-state index contributed by atoms with van der Waals surface area (Å²) < 4.78 is 0.727. The zero-order valence-corrected chi connectivity index (χ0v) is 10.5. The third-order valence-corrected chi connectivity index (χ3v) is 2.82. The summed E-state index contributed by atoms with van der Waals surface area (Å²) >= 11 is 0. The molecule has 0 saturated heterocycles. The highest BCUT2D eigenvalue weighted by Gasteiger charge is 2.19. The molecule has 2 nitrogen and oxygen atoms in total. The lowest BCUT2D eigenvalue weighted by molar-refractivity contribution is 0.475. The molecule has 0 aliphatic rings. The van der Waals surface area contributed by atoms with Crippen molar-refractivity contribution in [3.63, 3.8) is 0 Å². The molecular weight excluding hydrogens is 210 g/mol. The number of aromatic hydroxyl groups is 1. The Morgan fingerprint density at radius 2 is 1.29 bits per heavy atom. The minimum atomic E-state index is 0.327. The summed E-state index contributed by atoms with van der Waals surface area (Å²) in [6.07, 6.45) is 0. The number of nitrogens with zero attached hydrogens (tertiary/aromatic N) is 1. The number of rotatable bonds is 2. The van der Waals surface area contributed by atoms with E-state index in [2.05, 4.69) is 27.2 Å². The van der Waals surface area contributed by atoms with Gasteiger partial charge in [-0.15, -0.1) is 0 Å². The summed E-state index contributed by atoms with van der Waals surface area (Å²) in [5.74, 6) is 0.327. The van der Waals surface area contributed by atoms with E-state index >= 15 is 0 Å². The first kappa shape index (κ1) is 11.7. The van der Waals surface area contributed by atoms with E-state index in [-0.39, 0.29) is 0 Å². The van der Waals surface area contributed by atoms with Crippen molar-refractivity contribution < 1.29 is 5.11 Å². The van der Waals surface area contributed by atoms with Gasteiger partial charge in [0.25, 0.3) is 0 Å². The SMILES string of the molecule is C[N+](C)(C)c1ccccc1-c1ccccc1O. The first-order valence-corrected chi connectivity index (χ1v) is 5.69. The molecule has 88 valence electrons. The minimum Gasteiger partial charge on any atom is -0.507 e. The maximum atomic E-state index is 9.95. The van der Waals surface area contributed by atoms with Crippen molar-refractivity contribution in [1.29, 1.82) is 0 Å². The van der Waals surface area contributed by atoms with Gasteiger partial charge in [-0.1, -0.05) is 30.3 Å². The Hall–Kier alpha value is -1.80. The Kier molecular flexibility index (Phi) is 2.90. The van der Waals surface area contributed by atoms with Crippen molar-refractivity contribution in [3.8, 4) is 16.9 Å². The van der Waals surface area contributed by atoms with Crippen molar-refractivity contribution in [2.45, 2.75) is 0 Å². The highest BCUT2D eigenvalue weighted by atomic mass is 16.3. The molecule has 0 fully saturated rings. The normalized spacial score (nSPS) is 11.5. The van der Waals surface area contributed by atoms with Crippen LogP contribution < -0.4 is 4.48 Å². The Morgan fingerprint density at radius 3 is 1.88 bits per heavy atom. The van der Waals surface area contributed by atoms with Gasteiger partial charge in [0.15, 0.2) is 0 Å². The van der Waals surface area contributed by atoms with Crippen molar-refractivity contribution in [1.82, 2.24) is 4.48 Å². The van der Waals surface area contributed by atoms with E-state index in [0.717, 1.165) is 15.6 Å². The van der Waals surface area contributed by atoms with Crippen molar-refractivity contribution in [2.75, 3.05) is 21.1 Å². The van der Waals surface area contributed by atoms with Gasteiger partial charge in [-0.2, -0.15) is 0 Å². The summed E-state index contributed by atoms with van der Waals surface area (Å²) in [6.45, 7) is 0. The predicted octanol–water partition coefficient (Wildman–Crippen LogP) is 3.26. The fourth-order valence-electron chi connectivity index (χ4n) is 1.99. The average molecular weight is 228 g/mol. The van der Waals surface area contributed by atoms with Gasteiger partial charge in [0.05, 0.1) is 21.1 Å². The molecule has 0 radical (unpaired) electrons. The van der Waals surface area contributed by atoms with Crippen molar-refractivity contribution in [2.24, 2.45) is 0 Å². The number of quaternary nitrogens is 1. The zero-order valence-electron chi connectivity index (χ0n) is 10.5. The molecule has 0 saturated carbocycles. The van der Waals surface area contributed by atoms with Crippen LogP contribution in [0.3, 0.4) is 0 Å². The van der Waals surface area contributed by atoms with Gasteiger partial charge in [0.2, 0.25) is 0 Å². The van der Waals surface area contributed by atoms with Gasteiger partial charge >= 0.3 is 0 Å². The first-order valence-electron chi connectivity index (χ1n) is 5.69. The molecule has 1 N–H and O–H groups in total. The number of hydrogen-bond acceptors (Lipinski definition) is 1. The smallest absolute Gasteiger partial charge is 0.140 e. The molecule has 0 amide bonds. The van der Waals surface area contributed by atoms with Gasteiger partial charge in [-0.25, -0.2) is 0 Å². The largest absolute Gasteiger partial charge is 0.507 e. The Bertz CT molecular complexity index is 526. The first-order chi connectivity index (χ1) is 8.00. The number of hydrogen-bond donors (Lipinski definition) is 1. The van der Waals surface area contributed by atoms with E-state index in [9.17, 15) is 5.11 Å². The third-order valence-electron chi connectivity index (χ3n) is 2.82. The van der Waals surface area contributed by atoms with Crippen LogP contribution in [0.2, 0.25) is 0 Å². The lowest BCUT2D eigenvalue weighted by atomic mass is 10.0. The summed E-state index contributed by atoms with van der Waals surface area (Å²) in [5, 5.41) is 9.95. The van der Waals surface area contributed by atoms with E-state index < -0.39 is 0 Å². The fourth-order valence-corrected chi connectivity index (χ4v) is 1.99. The van der Waals surface area contributed by atoms with Crippen molar-refractivity contribution >= 4 is 5.69 Å². The van der Waals surface area contributed by atoms with Crippen LogP contribution in [0.4, 0.5) is 5.69 Å². The average Bonchev–Trinajstić information content (AvgIpc) is 2.28. The second-order valence-corrected chi connectivity index (χ2v) is 5.05. The Balaban J connectivity index is 2.65. The molecular formula is C15H18NO+. The number of para-hydroxylation sites is 2. The molecule has 0 bridgehead atoms. The summed E-state index contributed by atoms with van der Waals surface area (Å²) in [7, 11) is 6.37. The Morgan fingerprint density at radius 1 is 0.765 bits per heavy atom. The molecule has 2 heteroatoms. The lowest BCUT2D eigenvalue weighted by Gasteiger charge is -2.26. The van der Waals surface area contributed by atoms with Crippen LogP contribution >= 0.6 is 0 Å². The third kappa shape index (κ3) is 2.32. The molecule has 2 aromatic rings. The molecule has 17 heavy (non-hydrogen) atoms. The molecule has 0 unspecified atom stereocenters. The number of phenolic OH excluding ortho intramolecular Hbond substituents is 1. The maximum absolute atomic E-state index is 9.95. The molecule has 2 rings (SSSR count).